The van der Waals surface area contributed by atoms with Crippen LogP contribution in [-0.4, -0.2) is 25.1 Å². The number of hydrogen-bond acceptors (Lipinski definition) is 4. The number of nitrogens with one attached hydrogen (secondary N) is 2. The molecule has 4 heteroatoms. The third-order valence-corrected chi connectivity index (χ3v) is 2.46. The van der Waals surface area contributed by atoms with Crippen LogP contribution in [0.5, 0.6) is 0 Å². The Labute approximate surface area is 77.2 Å². The Morgan fingerprint density at radius 3 is 2.92 bits per heavy atom. The van der Waals surface area contributed by atoms with Crippen LogP contribution < -0.4 is 10.6 Å². The average molecular weight is 185 g/mol. The third-order valence-electron chi connectivity index (χ3n) is 1.49. The molecule has 0 fully saturated rings. The van der Waals surface area contributed by atoms with E-state index in [0.717, 1.165) is 25.3 Å². The van der Waals surface area contributed by atoms with Gasteiger partial charge in [-0.15, -0.1) is 11.3 Å². The van der Waals surface area contributed by atoms with Crippen molar-refractivity contribution in [3.05, 3.63) is 16.1 Å². The van der Waals surface area contributed by atoms with E-state index in [4.69, 9.17) is 0 Å². The number of thiazole rings is 1. The fraction of sp³-hybridized carbons (Fsp3) is 0.625. The van der Waals surface area contributed by atoms with Crippen LogP contribution in [-0.2, 0) is 6.54 Å². The fourth-order valence-electron chi connectivity index (χ4n) is 0.893. The molecule has 1 aromatic heterocycles. The maximum absolute atomic E-state index is 4.34. The van der Waals surface area contributed by atoms with Crippen molar-refractivity contribution in [1.82, 2.24) is 15.6 Å². The van der Waals surface area contributed by atoms with Crippen LogP contribution in [0.25, 0.3) is 0 Å². The van der Waals surface area contributed by atoms with Gasteiger partial charge >= 0.3 is 0 Å². The number of nitrogens with zero attached hydrogens (tertiary/aromatic N) is 1. The van der Waals surface area contributed by atoms with Crippen molar-refractivity contribution in [3.8, 4) is 0 Å². The zero-order valence-electron chi connectivity index (χ0n) is 7.55. The molecule has 0 saturated heterocycles. The van der Waals surface area contributed by atoms with Gasteiger partial charge in [-0.05, 0) is 14.0 Å². The second-order valence-electron chi connectivity index (χ2n) is 2.66. The quantitative estimate of drug-likeness (QED) is 0.665. The van der Waals surface area contributed by atoms with Crippen LogP contribution in [0.1, 0.15) is 10.7 Å². The fourth-order valence-corrected chi connectivity index (χ4v) is 1.63. The van der Waals surface area contributed by atoms with Gasteiger partial charge < -0.3 is 10.6 Å². The molecule has 0 atom stereocenters. The molecule has 2 N–H and O–H groups in total. The van der Waals surface area contributed by atoms with Crippen molar-refractivity contribution < 1.29 is 0 Å². The summed E-state index contributed by atoms with van der Waals surface area (Å²) in [6.45, 7) is 4.91. The van der Waals surface area contributed by atoms with Gasteiger partial charge in [0, 0.05) is 30.7 Å². The van der Waals surface area contributed by atoms with Crippen LogP contribution in [0.15, 0.2) is 5.38 Å². The highest BCUT2D eigenvalue weighted by Gasteiger charge is 1.96. The van der Waals surface area contributed by atoms with Crippen LogP contribution in [0.3, 0.4) is 0 Å². The molecular weight excluding hydrogens is 170 g/mol. The summed E-state index contributed by atoms with van der Waals surface area (Å²) in [6.07, 6.45) is 0. The van der Waals surface area contributed by atoms with E-state index in [2.05, 4.69) is 21.0 Å². The molecule has 0 radical (unpaired) electrons. The molecule has 1 heterocycles. The van der Waals surface area contributed by atoms with Gasteiger partial charge in [-0.2, -0.15) is 0 Å². The van der Waals surface area contributed by atoms with Gasteiger partial charge in [0.1, 0.15) is 5.01 Å². The molecule has 0 aromatic carbocycles. The molecule has 0 aliphatic heterocycles. The lowest BCUT2D eigenvalue weighted by molar-refractivity contribution is 0.648. The Bertz CT molecular complexity index is 222. The topological polar surface area (TPSA) is 37.0 Å². The average Bonchev–Trinajstić information content (AvgIpc) is 2.45. The monoisotopic (exact) mass is 185 g/mol. The highest BCUT2D eigenvalue weighted by Crippen LogP contribution is 2.07. The van der Waals surface area contributed by atoms with Gasteiger partial charge in [0.2, 0.25) is 0 Å². The minimum atomic E-state index is 0.889. The van der Waals surface area contributed by atoms with E-state index in [9.17, 15) is 0 Å². The van der Waals surface area contributed by atoms with Gasteiger partial charge in [0.15, 0.2) is 0 Å². The molecule has 0 unspecified atom stereocenters. The van der Waals surface area contributed by atoms with Crippen molar-refractivity contribution >= 4 is 11.3 Å². The second kappa shape index (κ2) is 5.24. The molecule has 0 spiro atoms. The van der Waals surface area contributed by atoms with E-state index in [-0.39, 0.29) is 0 Å². The number of likely N-dealkylation sites (N-methyl/N-ethyl adjacent to an activating group) is 1. The van der Waals surface area contributed by atoms with Gasteiger partial charge in [-0.1, -0.05) is 0 Å². The Morgan fingerprint density at radius 1 is 1.50 bits per heavy atom. The zero-order chi connectivity index (χ0) is 8.81. The minimum absolute atomic E-state index is 0.889. The molecule has 3 nitrogen and oxygen atoms in total. The largest absolute Gasteiger partial charge is 0.318 e. The summed E-state index contributed by atoms with van der Waals surface area (Å²) in [6, 6.07) is 0. The van der Waals surface area contributed by atoms with Crippen molar-refractivity contribution in [2.75, 3.05) is 20.1 Å². The predicted octanol–water partition coefficient (Wildman–Crippen LogP) is 0.761. The normalized spacial score (nSPS) is 10.5. The van der Waals surface area contributed by atoms with Crippen LogP contribution in [0.4, 0.5) is 0 Å². The van der Waals surface area contributed by atoms with Crippen molar-refractivity contribution in [1.29, 1.82) is 0 Å². The van der Waals surface area contributed by atoms with E-state index in [1.807, 2.05) is 14.0 Å². The highest BCUT2D eigenvalue weighted by atomic mass is 32.1. The summed E-state index contributed by atoms with van der Waals surface area (Å²) in [4.78, 5) is 4.34. The van der Waals surface area contributed by atoms with Gasteiger partial charge in [-0.3, -0.25) is 0 Å². The van der Waals surface area contributed by atoms with E-state index in [1.54, 1.807) is 11.3 Å². The number of hydrogen-bond donors (Lipinski definition) is 2. The molecule has 1 aromatic rings. The number of aromatic nitrogens is 1. The van der Waals surface area contributed by atoms with E-state index in [0.29, 0.717) is 0 Å². The summed E-state index contributed by atoms with van der Waals surface area (Å²) in [7, 11) is 1.95. The Kier molecular flexibility index (Phi) is 4.21. The summed E-state index contributed by atoms with van der Waals surface area (Å²) in [5.74, 6) is 0. The van der Waals surface area contributed by atoms with E-state index < -0.39 is 0 Å². The molecule has 68 valence electrons. The zero-order valence-corrected chi connectivity index (χ0v) is 8.37. The molecule has 12 heavy (non-hydrogen) atoms. The summed E-state index contributed by atoms with van der Waals surface area (Å²) < 4.78 is 0. The van der Waals surface area contributed by atoms with E-state index >= 15 is 0 Å². The van der Waals surface area contributed by atoms with Crippen molar-refractivity contribution in [2.45, 2.75) is 13.5 Å². The maximum atomic E-state index is 4.34. The number of rotatable bonds is 5. The van der Waals surface area contributed by atoms with Gasteiger partial charge in [-0.25, -0.2) is 4.98 Å². The third kappa shape index (κ3) is 3.30. The summed E-state index contributed by atoms with van der Waals surface area (Å²) in [5, 5.41) is 9.63. The molecule has 0 bridgehead atoms. The molecular formula is C8H15N3S. The maximum Gasteiger partial charge on any atom is 0.107 e. The van der Waals surface area contributed by atoms with Gasteiger partial charge in [0.05, 0.1) is 0 Å². The molecule has 0 aliphatic rings. The van der Waals surface area contributed by atoms with E-state index in [1.165, 1.54) is 5.01 Å². The predicted molar refractivity (Wildman–Crippen MR) is 52.5 cm³/mol. The molecule has 1 rings (SSSR count). The standard InChI is InChI=1S/C8H15N3S/c1-7-6-12-8(11-7)5-10-4-3-9-2/h6,9-10H,3-5H2,1-2H3. The van der Waals surface area contributed by atoms with Crippen LogP contribution >= 0.6 is 11.3 Å². The van der Waals surface area contributed by atoms with Crippen LogP contribution in [0, 0.1) is 6.92 Å². The lowest BCUT2D eigenvalue weighted by Crippen LogP contribution is -2.24. The highest BCUT2D eigenvalue weighted by molar-refractivity contribution is 7.09. The van der Waals surface area contributed by atoms with Gasteiger partial charge in [0.25, 0.3) is 0 Å². The van der Waals surface area contributed by atoms with Crippen LogP contribution in [0.2, 0.25) is 0 Å². The first kappa shape index (κ1) is 9.64. The summed E-state index contributed by atoms with van der Waals surface area (Å²) in [5.41, 5.74) is 1.12. The number of aryl methyl sites for hydroxylation is 1. The molecule has 0 amide bonds. The first-order valence-electron chi connectivity index (χ1n) is 4.09. The molecule has 0 saturated carbocycles. The lowest BCUT2D eigenvalue weighted by atomic mass is 10.5. The second-order valence-corrected chi connectivity index (χ2v) is 3.61. The Hall–Kier alpha value is -0.450. The minimum Gasteiger partial charge on any atom is -0.318 e. The smallest absolute Gasteiger partial charge is 0.107 e. The first-order chi connectivity index (χ1) is 5.83. The Morgan fingerprint density at radius 2 is 2.33 bits per heavy atom. The SMILES string of the molecule is CNCCNCc1nc(C)cs1. The lowest BCUT2D eigenvalue weighted by Gasteiger charge is -2.00. The summed E-state index contributed by atoms with van der Waals surface area (Å²) >= 11 is 1.71. The Balaban J connectivity index is 2.15. The van der Waals surface area contributed by atoms with Crippen molar-refractivity contribution in [3.63, 3.8) is 0 Å². The first-order valence-corrected chi connectivity index (χ1v) is 4.97. The molecule has 0 aliphatic carbocycles. The van der Waals surface area contributed by atoms with Crippen molar-refractivity contribution in [2.24, 2.45) is 0 Å².